The summed E-state index contributed by atoms with van der Waals surface area (Å²) in [5, 5.41) is 15.1. The van der Waals surface area contributed by atoms with Gasteiger partial charge in [-0.3, -0.25) is 19.3 Å². The van der Waals surface area contributed by atoms with Crippen molar-refractivity contribution >= 4 is 34.8 Å². The van der Waals surface area contributed by atoms with Crippen LogP contribution in [0.25, 0.3) is 0 Å². The number of halogens is 3. The number of anilines is 3. The maximum Gasteiger partial charge on any atom is 0.389 e. The number of aliphatic hydroxyl groups excluding tert-OH is 1. The van der Waals surface area contributed by atoms with E-state index >= 15 is 0 Å². The highest BCUT2D eigenvalue weighted by Gasteiger charge is 2.34. The predicted molar refractivity (Wildman–Crippen MR) is 173 cm³/mol. The van der Waals surface area contributed by atoms with Crippen LogP contribution >= 0.6 is 0 Å². The Kier molecular flexibility index (Phi) is 11.5. The molecular weight excluding hydrogens is 615 g/mol. The molecule has 0 saturated carbocycles. The summed E-state index contributed by atoms with van der Waals surface area (Å²) in [6, 6.07) is 18.1. The number of carbonyl (C=O) groups is 3. The molecule has 1 heterocycles. The van der Waals surface area contributed by atoms with Crippen LogP contribution in [-0.4, -0.2) is 77.7 Å². The van der Waals surface area contributed by atoms with Crippen LogP contribution in [0, 0.1) is 5.92 Å². The van der Waals surface area contributed by atoms with Crippen LogP contribution in [0.3, 0.4) is 0 Å². The SMILES string of the molecule is C[C@H](CO)N1C[C@H](C)[C@@H](CN(C)Cc2ccc(C(=O)Nc3ccccc3N)cc2)Oc2ccc(NC(=O)CCC(F)(F)F)cc2C1=O. The molecule has 3 aromatic carbocycles. The van der Waals surface area contributed by atoms with Gasteiger partial charge in [0, 0.05) is 43.2 Å². The molecule has 13 heteroatoms. The molecule has 10 nitrogen and oxygen atoms in total. The second kappa shape index (κ2) is 15.3. The predicted octanol–water partition coefficient (Wildman–Crippen LogP) is 5.15. The van der Waals surface area contributed by atoms with Gasteiger partial charge in [-0.15, -0.1) is 0 Å². The van der Waals surface area contributed by atoms with E-state index in [9.17, 15) is 32.7 Å². The second-order valence-electron chi connectivity index (χ2n) is 11.9. The number of carbonyl (C=O) groups excluding carboxylic acids is 3. The van der Waals surface area contributed by atoms with Crippen LogP contribution in [0.5, 0.6) is 5.75 Å². The molecule has 3 aromatic rings. The Labute approximate surface area is 271 Å². The van der Waals surface area contributed by atoms with Gasteiger partial charge in [-0.05, 0) is 62.0 Å². The molecular formula is C34H40F3N5O5. The van der Waals surface area contributed by atoms with Crippen molar-refractivity contribution in [3.8, 4) is 5.75 Å². The molecule has 3 atom stereocenters. The normalized spacial score (nSPS) is 17.3. The Morgan fingerprint density at radius 3 is 2.47 bits per heavy atom. The number of hydrogen-bond donors (Lipinski definition) is 4. The van der Waals surface area contributed by atoms with Crippen molar-refractivity contribution in [2.24, 2.45) is 5.92 Å². The number of hydrogen-bond acceptors (Lipinski definition) is 7. The molecule has 5 N–H and O–H groups in total. The quantitative estimate of drug-likeness (QED) is 0.210. The van der Waals surface area contributed by atoms with Gasteiger partial charge in [0.15, 0.2) is 0 Å². The Morgan fingerprint density at radius 2 is 1.81 bits per heavy atom. The van der Waals surface area contributed by atoms with Gasteiger partial charge in [-0.1, -0.05) is 31.2 Å². The van der Waals surface area contributed by atoms with Gasteiger partial charge >= 0.3 is 6.18 Å². The molecule has 0 unspecified atom stereocenters. The van der Waals surface area contributed by atoms with Crippen molar-refractivity contribution in [1.29, 1.82) is 0 Å². The minimum atomic E-state index is -4.47. The first-order chi connectivity index (χ1) is 22.2. The minimum Gasteiger partial charge on any atom is -0.488 e. The summed E-state index contributed by atoms with van der Waals surface area (Å²) in [5.74, 6) is -1.42. The molecule has 0 saturated heterocycles. The molecule has 3 amide bonds. The molecule has 1 aliphatic rings. The van der Waals surface area contributed by atoms with Gasteiger partial charge in [0.1, 0.15) is 11.9 Å². The lowest BCUT2D eigenvalue weighted by Gasteiger charge is -2.38. The average molecular weight is 656 g/mol. The Balaban J connectivity index is 1.47. The molecule has 1 aliphatic heterocycles. The Bertz CT molecular complexity index is 1570. The van der Waals surface area contributed by atoms with Crippen LogP contribution < -0.4 is 21.1 Å². The summed E-state index contributed by atoms with van der Waals surface area (Å²) in [6.07, 6.45) is -6.87. The number of rotatable bonds is 11. The van der Waals surface area contributed by atoms with Gasteiger partial charge in [-0.2, -0.15) is 13.2 Å². The standard InChI is InChI=1S/C34H40F3N5O5/c1-21-17-42(22(2)20-43)33(46)26-16-25(39-31(44)14-15-34(35,36)37)12-13-29(26)47-30(21)19-41(3)18-23-8-10-24(11-9-23)32(45)40-28-7-5-4-6-27(28)38/h4-13,16,21-22,30,43H,14-15,17-20,38H2,1-3H3,(H,39,44)(H,40,45)/t21-,22+,30+/m0/s1. The number of benzene rings is 3. The van der Waals surface area contributed by atoms with Crippen LogP contribution in [0.1, 0.15) is 53.0 Å². The number of likely N-dealkylation sites (N-methyl/N-ethyl adjacent to an activating group) is 1. The van der Waals surface area contributed by atoms with Crippen LogP contribution in [-0.2, 0) is 11.3 Å². The fourth-order valence-electron chi connectivity index (χ4n) is 5.25. The highest BCUT2D eigenvalue weighted by molar-refractivity contribution is 6.05. The van der Waals surface area contributed by atoms with E-state index in [0.29, 0.717) is 30.0 Å². The minimum absolute atomic E-state index is 0.129. The van der Waals surface area contributed by atoms with Crippen LogP contribution in [0.2, 0.25) is 0 Å². The molecule has 0 radical (unpaired) electrons. The Morgan fingerprint density at radius 1 is 1.11 bits per heavy atom. The molecule has 0 aliphatic carbocycles. The number of fused-ring (bicyclic) bond motifs is 1. The van der Waals surface area contributed by atoms with Crippen molar-refractivity contribution in [2.75, 3.05) is 43.1 Å². The third kappa shape index (κ3) is 9.69. The summed E-state index contributed by atoms with van der Waals surface area (Å²) in [7, 11) is 1.92. The number of nitrogen functional groups attached to an aromatic ring is 1. The number of nitrogens with zero attached hydrogens (tertiary/aromatic N) is 2. The van der Waals surface area contributed by atoms with E-state index in [-0.39, 0.29) is 42.0 Å². The fraction of sp³-hybridized carbons (Fsp3) is 0.382. The smallest absolute Gasteiger partial charge is 0.389 e. The number of nitrogens with two attached hydrogens (primary N) is 1. The maximum atomic E-state index is 13.6. The van der Waals surface area contributed by atoms with E-state index in [4.69, 9.17) is 10.5 Å². The van der Waals surface area contributed by atoms with E-state index in [0.717, 1.165) is 5.56 Å². The van der Waals surface area contributed by atoms with E-state index in [1.165, 1.54) is 18.2 Å². The van der Waals surface area contributed by atoms with E-state index < -0.39 is 43.0 Å². The van der Waals surface area contributed by atoms with Crippen molar-refractivity contribution < 1.29 is 37.4 Å². The number of nitrogens with one attached hydrogen (secondary N) is 2. The summed E-state index contributed by atoms with van der Waals surface area (Å²) < 4.78 is 44.1. The molecule has 0 fully saturated rings. The number of alkyl halides is 3. The molecule has 0 aromatic heterocycles. The average Bonchev–Trinajstić information content (AvgIpc) is 3.02. The van der Waals surface area contributed by atoms with Gasteiger partial charge in [0.05, 0.1) is 36.0 Å². The van der Waals surface area contributed by atoms with Crippen LogP contribution in [0.4, 0.5) is 30.2 Å². The summed E-state index contributed by atoms with van der Waals surface area (Å²) in [6.45, 7) is 4.66. The molecule has 4 rings (SSSR count). The first-order valence-electron chi connectivity index (χ1n) is 15.3. The third-order valence-corrected chi connectivity index (χ3v) is 7.95. The lowest BCUT2D eigenvalue weighted by molar-refractivity contribution is -0.142. The lowest BCUT2D eigenvalue weighted by atomic mass is 9.99. The number of ether oxygens (including phenoxy) is 1. The van der Waals surface area contributed by atoms with E-state index in [2.05, 4.69) is 15.5 Å². The molecule has 0 spiro atoms. The molecule has 0 bridgehead atoms. The topological polar surface area (TPSA) is 137 Å². The van der Waals surface area contributed by atoms with E-state index in [1.54, 1.807) is 48.2 Å². The van der Waals surface area contributed by atoms with Crippen molar-refractivity contribution in [2.45, 2.75) is 51.6 Å². The number of amides is 3. The number of aliphatic hydroxyl groups is 1. The van der Waals surface area contributed by atoms with E-state index in [1.807, 2.05) is 26.1 Å². The lowest BCUT2D eigenvalue weighted by Crippen LogP contribution is -2.49. The third-order valence-electron chi connectivity index (χ3n) is 7.95. The summed E-state index contributed by atoms with van der Waals surface area (Å²) >= 11 is 0. The van der Waals surface area contributed by atoms with Crippen molar-refractivity contribution in [3.05, 3.63) is 83.4 Å². The van der Waals surface area contributed by atoms with Crippen molar-refractivity contribution in [1.82, 2.24) is 9.80 Å². The first kappa shape index (κ1) is 35.2. The zero-order valence-corrected chi connectivity index (χ0v) is 26.5. The fourth-order valence-corrected chi connectivity index (χ4v) is 5.25. The highest BCUT2D eigenvalue weighted by atomic mass is 19.4. The summed E-state index contributed by atoms with van der Waals surface area (Å²) in [5.41, 5.74) is 8.66. The first-order valence-corrected chi connectivity index (χ1v) is 15.3. The monoisotopic (exact) mass is 655 g/mol. The maximum absolute atomic E-state index is 13.6. The highest BCUT2D eigenvalue weighted by Crippen LogP contribution is 2.31. The van der Waals surface area contributed by atoms with Gasteiger partial charge in [0.2, 0.25) is 5.91 Å². The molecule has 47 heavy (non-hydrogen) atoms. The largest absolute Gasteiger partial charge is 0.488 e. The number of para-hydroxylation sites is 2. The van der Waals surface area contributed by atoms with Crippen LogP contribution in [0.15, 0.2) is 66.7 Å². The van der Waals surface area contributed by atoms with Gasteiger partial charge in [-0.25, -0.2) is 0 Å². The zero-order valence-electron chi connectivity index (χ0n) is 26.5. The second-order valence-corrected chi connectivity index (χ2v) is 11.9. The van der Waals surface area contributed by atoms with Gasteiger partial charge in [0.25, 0.3) is 11.8 Å². The molecule has 252 valence electrons. The summed E-state index contributed by atoms with van der Waals surface area (Å²) in [4.78, 5) is 42.1. The Hall–Kier alpha value is -4.62. The van der Waals surface area contributed by atoms with Crippen molar-refractivity contribution in [3.63, 3.8) is 0 Å². The van der Waals surface area contributed by atoms with Gasteiger partial charge < -0.3 is 31.1 Å². The zero-order chi connectivity index (χ0) is 34.3.